The fourth-order valence-electron chi connectivity index (χ4n) is 1.42. The molecule has 1 N–H and O–H groups in total. The third kappa shape index (κ3) is 1.25. The Morgan fingerprint density at radius 1 is 1.64 bits per heavy atom. The fraction of sp³-hybridized carbons (Fsp3) is 0.875. The lowest BCUT2D eigenvalue weighted by Crippen LogP contribution is -2.25. The van der Waals surface area contributed by atoms with Gasteiger partial charge in [-0.05, 0) is 12.8 Å². The minimum atomic E-state index is -0.823. The standard InChI is InChI=1S/C8H14O3/c1-3-5-6-8(4-2,11-6)7(9)10/h6H,3-5H2,1-2H3,(H,9,10). The van der Waals surface area contributed by atoms with Crippen molar-refractivity contribution < 1.29 is 14.6 Å². The fourth-order valence-corrected chi connectivity index (χ4v) is 1.42. The lowest BCUT2D eigenvalue weighted by Gasteiger charge is -2.01. The van der Waals surface area contributed by atoms with Crippen LogP contribution >= 0.6 is 0 Å². The molecular weight excluding hydrogens is 144 g/mol. The zero-order chi connectivity index (χ0) is 8.48. The number of rotatable bonds is 4. The van der Waals surface area contributed by atoms with E-state index in [9.17, 15) is 4.79 Å². The van der Waals surface area contributed by atoms with Gasteiger partial charge in [0.25, 0.3) is 0 Å². The molecule has 1 aliphatic heterocycles. The second kappa shape index (κ2) is 2.81. The first-order valence-electron chi connectivity index (χ1n) is 4.08. The molecule has 0 aliphatic carbocycles. The Morgan fingerprint density at radius 3 is 2.55 bits per heavy atom. The molecule has 3 nitrogen and oxygen atoms in total. The van der Waals surface area contributed by atoms with Crippen LogP contribution in [0.3, 0.4) is 0 Å². The minimum absolute atomic E-state index is 0.0324. The van der Waals surface area contributed by atoms with Crippen LogP contribution in [0.2, 0.25) is 0 Å². The molecule has 0 saturated carbocycles. The van der Waals surface area contributed by atoms with Crippen molar-refractivity contribution in [2.24, 2.45) is 0 Å². The highest BCUT2D eigenvalue weighted by Crippen LogP contribution is 2.42. The lowest BCUT2D eigenvalue weighted by atomic mass is 10.00. The van der Waals surface area contributed by atoms with E-state index in [2.05, 4.69) is 0 Å². The highest BCUT2D eigenvalue weighted by atomic mass is 16.6. The minimum Gasteiger partial charge on any atom is -0.479 e. The Bertz CT molecular complexity index is 167. The van der Waals surface area contributed by atoms with Gasteiger partial charge in [-0.2, -0.15) is 0 Å². The van der Waals surface area contributed by atoms with Gasteiger partial charge >= 0.3 is 5.97 Å². The molecular formula is C8H14O3. The molecule has 3 heteroatoms. The molecule has 0 aromatic heterocycles. The number of carbonyl (C=O) groups is 1. The van der Waals surface area contributed by atoms with Gasteiger partial charge < -0.3 is 9.84 Å². The third-order valence-corrected chi connectivity index (χ3v) is 2.25. The van der Waals surface area contributed by atoms with Gasteiger partial charge in [0.1, 0.15) is 0 Å². The summed E-state index contributed by atoms with van der Waals surface area (Å²) in [7, 11) is 0. The first kappa shape index (κ1) is 8.53. The van der Waals surface area contributed by atoms with Crippen molar-refractivity contribution in [3.63, 3.8) is 0 Å². The number of carboxylic acid groups (broad SMARTS) is 1. The van der Waals surface area contributed by atoms with Crippen molar-refractivity contribution in [3.8, 4) is 0 Å². The van der Waals surface area contributed by atoms with Crippen molar-refractivity contribution >= 4 is 5.97 Å². The Labute approximate surface area is 66.4 Å². The summed E-state index contributed by atoms with van der Waals surface area (Å²) in [6.45, 7) is 3.88. The van der Waals surface area contributed by atoms with Crippen LogP contribution in [0.4, 0.5) is 0 Å². The summed E-state index contributed by atoms with van der Waals surface area (Å²) in [6.07, 6.45) is 2.39. The summed E-state index contributed by atoms with van der Waals surface area (Å²) < 4.78 is 5.16. The molecule has 1 saturated heterocycles. The van der Waals surface area contributed by atoms with E-state index in [1.165, 1.54) is 0 Å². The normalized spacial score (nSPS) is 35.3. The molecule has 2 atom stereocenters. The highest BCUT2D eigenvalue weighted by Gasteiger charge is 2.60. The smallest absolute Gasteiger partial charge is 0.338 e. The van der Waals surface area contributed by atoms with Crippen molar-refractivity contribution in [2.45, 2.75) is 44.8 Å². The van der Waals surface area contributed by atoms with E-state index in [0.717, 1.165) is 12.8 Å². The van der Waals surface area contributed by atoms with Gasteiger partial charge in [-0.25, -0.2) is 4.79 Å². The maximum absolute atomic E-state index is 10.7. The molecule has 0 spiro atoms. The van der Waals surface area contributed by atoms with Crippen molar-refractivity contribution in [1.29, 1.82) is 0 Å². The first-order chi connectivity index (χ1) is 5.17. The number of ether oxygens (including phenoxy) is 1. The van der Waals surface area contributed by atoms with E-state index in [1.807, 2.05) is 13.8 Å². The van der Waals surface area contributed by atoms with E-state index in [0.29, 0.717) is 6.42 Å². The van der Waals surface area contributed by atoms with Crippen LogP contribution in [0.15, 0.2) is 0 Å². The SMILES string of the molecule is CCCC1OC1(CC)C(=O)O. The Hall–Kier alpha value is -0.570. The molecule has 1 aliphatic rings. The predicted octanol–water partition coefficient (Wildman–Crippen LogP) is 1.42. The topological polar surface area (TPSA) is 49.8 Å². The number of aliphatic carboxylic acids is 1. The second-order valence-corrected chi connectivity index (χ2v) is 2.94. The molecule has 0 bridgehead atoms. The summed E-state index contributed by atoms with van der Waals surface area (Å²) in [5.41, 5.74) is -0.823. The third-order valence-electron chi connectivity index (χ3n) is 2.25. The molecule has 2 unspecified atom stereocenters. The van der Waals surface area contributed by atoms with E-state index < -0.39 is 11.6 Å². The van der Waals surface area contributed by atoms with E-state index in [1.54, 1.807) is 0 Å². The number of carboxylic acids is 1. The molecule has 1 heterocycles. The average molecular weight is 158 g/mol. The zero-order valence-corrected chi connectivity index (χ0v) is 6.96. The van der Waals surface area contributed by atoms with Gasteiger partial charge in [0.2, 0.25) is 0 Å². The number of epoxide rings is 1. The van der Waals surface area contributed by atoms with E-state index >= 15 is 0 Å². The van der Waals surface area contributed by atoms with Gasteiger partial charge in [-0.1, -0.05) is 20.3 Å². The second-order valence-electron chi connectivity index (χ2n) is 2.94. The first-order valence-corrected chi connectivity index (χ1v) is 4.08. The van der Waals surface area contributed by atoms with E-state index in [-0.39, 0.29) is 6.10 Å². The van der Waals surface area contributed by atoms with Crippen LogP contribution in [0.1, 0.15) is 33.1 Å². The van der Waals surface area contributed by atoms with E-state index in [4.69, 9.17) is 9.84 Å². The van der Waals surface area contributed by atoms with Gasteiger partial charge in [0.05, 0.1) is 6.10 Å². The summed E-state index contributed by atoms with van der Waals surface area (Å²) >= 11 is 0. The largest absolute Gasteiger partial charge is 0.479 e. The lowest BCUT2D eigenvalue weighted by molar-refractivity contribution is -0.143. The Balaban J connectivity index is 2.49. The van der Waals surface area contributed by atoms with Crippen molar-refractivity contribution in [1.82, 2.24) is 0 Å². The van der Waals surface area contributed by atoms with Crippen LogP contribution < -0.4 is 0 Å². The van der Waals surface area contributed by atoms with Crippen molar-refractivity contribution in [3.05, 3.63) is 0 Å². The monoisotopic (exact) mass is 158 g/mol. The van der Waals surface area contributed by atoms with Crippen LogP contribution in [0, 0.1) is 0 Å². The van der Waals surface area contributed by atoms with Gasteiger partial charge in [0.15, 0.2) is 5.60 Å². The quantitative estimate of drug-likeness (QED) is 0.629. The molecule has 64 valence electrons. The van der Waals surface area contributed by atoms with Gasteiger partial charge in [-0.15, -0.1) is 0 Å². The van der Waals surface area contributed by atoms with Crippen molar-refractivity contribution in [2.75, 3.05) is 0 Å². The molecule has 1 rings (SSSR count). The van der Waals surface area contributed by atoms with Gasteiger partial charge in [-0.3, -0.25) is 0 Å². The molecule has 0 radical (unpaired) electrons. The average Bonchev–Trinajstić information content (AvgIpc) is 2.65. The predicted molar refractivity (Wildman–Crippen MR) is 40.4 cm³/mol. The Kier molecular flexibility index (Phi) is 2.18. The molecule has 1 fully saturated rings. The molecule has 11 heavy (non-hydrogen) atoms. The number of hydrogen-bond acceptors (Lipinski definition) is 2. The number of hydrogen-bond donors (Lipinski definition) is 1. The summed E-state index contributed by atoms with van der Waals surface area (Å²) in [5.74, 6) is -0.807. The Morgan fingerprint density at radius 2 is 2.27 bits per heavy atom. The van der Waals surface area contributed by atoms with Crippen LogP contribution in [-0.2, 0) is 9.53 Å². The van der Waals surface area contributed by atoms with Crippen LogP contribution in [0.25, 0.3) is 0 Å². The maximum atomic E-state index is 10.7. The molecule has 0 aromatic rings. The van der Waals surface area contributed by atoms with Crippen LogP contribution in [0.5, 0.6) is 0 Å². The molecule has 0 aromatic carbocycles. The summed E-state index contributed by atoms with van der Waals surface area (Å²) in [5, 5.41) is 8.78. The van der Waals surface area contributed by atoms with Crippen LogP contribution in [-0.4, -0.2) is 22.8 Å². The molecule has 0 amide bonds. The van der Waals surface area contributed by atoms with Gasteiger partial charge in [0, 0.05) is 0 Å². The summed E-state index contributed by atoms with van der Waals surface area (Å²) in [4.78, 5) is 10.7. The summed E-state index contributed by atoms with van der Waals surface area (Å²) in [6, 6.07) is 0. The maximum Gasteiger partial charge on any atom is 0.338 e. The highest BCUT2D eigenvalue weighted by molar-refractivity contribution is 5.81. The zero-order valence-electron chi connectivity index (χ0n) is 6.96.